The van der Waals surface area contributed by atoms with Crippen molar-refractivity contribution in [3.05, 3.63) is 0 Å². The summed E-state index contributed by atoms with van der Waals surface area (Å²) in [5.74, 6) is -0.957. The minimum absolute atomic E-state index is 0.0557. The van der Waals surface area contributed by atoms with Gasteiger partial charge in [0.05, 0.1) is 17.4 Å². The molecule has 5 heteroatoms. The van der Waals surface area contributed by atoms with Crippen molar-refractivity contribution in [2.45, 2.75) is 58.0 Å². The second-order valence-corrected chi connectivity index (χ2v) is 6.19. The van der Waals surface area contributed by atoms with Crippen molar-refractivity contribution in [3.8, 4) is 0 Å². The predicted molar refractivity (Wildman–Crippen MR) is 74.3 cm³/mol. The first-order chi connectivity index (χ1) is 9.55. The van der Waals surface area contributed by atoms with E-state index in [-0.39, 0.29) is 24.5 Å². The Kier molecular flexibility index (Phi) is 5.02. The van der Waals surface area contributed by atoms with Crippen LogP contribution in [0.15, 0.2) is 0 Å². The van der Waals surface area contributed by atoms with E-state index in [1.807, 2.05) is 6.92 Å². The molecule has 2 fully saturated rings. The summed E-state index contributed by atoms with van der Waals surface area (Å²) in [6.45, 7) is 2.77. The molecule has 1 saturated heterocycles. The number of carbonyl (C=O) groups excluding carboxylic acids is 1. The highest BCUT2D eigenvalue weighted by atomic mass is 16.5. The van der Waals surface area contributed by atoms with Crippen LogP contribution in [0.1, 0.15) is 51.9 Å². The van der Waals surface area contributed by atoms with Crippen LogP contribution in [0.4, 0.5) is 0 Å². The van der Waals surface area contributed by atoms with E-state index < -0.39 is 11.4 Å². The summed E-state index contributed by atoms with van der Waals surface area (Å²) < 4.78 is 5.39. The maximum Gasteiger partial charge on any atom is 0.311 e. The number of carboxylic acid groups (broad SMARTS) is 1. The van der Waals surface area contributed by atoms with Gasteiger partial charge in [0.15, 0.2) is 0 Å². The molecule has 1 amide bonds. The summed E-state index contributed by atoms with van der Waals surface area (Å²) in [5.41, 5.74) is -0.769. The molecule has 1 saturated carbocycles. The second kappa shape index (κ2) is 6.57. The molecule has 2 rings (SSSR count). The van der Waals surface area contributed by atoms with E-state index in [1.54, 1.807) is 0 Å². The van der Waals surface area contributed by atoms with Gasteiger partial charge in [-0.2, -0.15) is 0 Å². The molecule has 1 aliphatic carbocycles. The van der Waals surface area contributed by atoms with Crippen LogP contribution in [0.2, 0.25) is 0 Å². The molecule has 1 aliphatic heterocycles. The number of carboxylic acids is 1. The van der Waals surface area contributed by atoms with E-state index >= 15 is 0 Å². The molecule has 1 heterocycles. The van der Waals surface area contributed by atoms with Crippen molar-refractivity contribution in [1.82, 2.24) is 5.32 Å². The van der Waals surface area contributed by atoms with Gasteiger partial charge in [0.2, 0.25) is 5.91 Å². The Labute approximate surface area is 120 Å². The van der Waals surface area contributed by atoms with Gasteiger partial charge in [0.1, 0.15) is 0 Å². The average Bonchev–Trinajstić information content (AvgIpc) is 2.71. The van der Waals surface area contributed by atoms with Gasteiger partial charge in [0, 0.05) is 13.2 Å². The number of hydrogen-bond donors (Lipinski definition) is 2. The van der Waals surface area contributed by atoms with Crippen LogP contribution in [-0.2, 0) is 14.3 Å². The maximum atomic E-state index is 12.2. The summed E-state index contributed by atoms with van der Waals surface area (Å²) in [6.07, 6.45) is 6.06. The third-order valence-corrected chi connectivity index (χ3v) is 4.83. The van der Waals surface area contributed by atoms with Crippen LogP contribution < -0.4 is 5.32 Å². The number of carbonyl (C=O) groups is 2. The molecule has 0 spiro atoms. The second-order valence-electron chi connectivity index (χ2n) is 6.19. The SMILES string of the molecule is CC1OCCC1C(=O)NCC1(C(=O)O)CCCCCC1. The summed E-state index contributed by atoms with van der Waals surface area (Å²) in [7, 11) is 0. The van der Waals surface area contributed by atoms with Crippen LogP contribution in [-0.4, -0.2) is 36.2 Å². The van der Waals surface area contributed by atoms with E-state index in [0.29, 0.717) is 19.4 Å². The summed E-state index contributed by atoms with van der Waals surface area (Å²) in [6, 6.07) is 0. The molecule has 2 unspecified atom stereocenters. The van der Waals surface area contributed by atoms with Crippen LogP contribution in [0.5, 0.6) is 0 Å². The van der Waals surface area contributed by atoms with Crippen molar-refractivity contribution >= 4 is 11.9 Å². The molecule has 0 radical (unpaired) electrons. The number of ether oxygens (including phenoxy) is 1. The number of hydrogen-bond acceptors (Lipinski definition) is 3. The molecular weight excluding hydrogens is 258 g/mol. The van der Waals surface area contributed by atoms with Crippen molar-refractivity contribution in [2.75, 3.05) is 13.2 Å². The minimum atomic E-state index is -0.769. The molecular formula is C15H25NO4. The highest BCUT2D eigenvalue weighted by Crippen LogP contribution is 2.35. The Balaban J connectivity index is 1.94. The van der Waals surface area contributed by atoms with Crippen molar-refractivity contribution < 1.29 is 19.4 Å². The van der Waals surface area contributed by atoms with E-state index in [9.17, 15) is 14.7 Å². The Hall–Kier alpha value is -1.10. The normalized spacial score (nSPS) is 29.6. The zero-order valence-corrected chi connectivity index (χ0v) is 12.2. The largest absolute Gasteiger partial charge is 0.481 e. The molecule has 0 aromatic carbocycles. The Bertz CT molecular complexity index is 361. The quantitative estimate of drug-likeness (QED) is 0.773. The van der Waals surface area contributed by atoms with Gasteiger partial charge < -0.3 is 15.2 Å². The van der Waals surface area contributed by atoms with Gasteiger partial charge in [-0.1, -0.05) is 25.7 Å². The summed E-state index contributed by atoms with van der Waals surface area (Å²) in [5, 5.41) is 12.4. The molecule has 2 atom stereocenters. The average molecular weight is 283 g/mol. The standard InChI is InChI=1S/C15H25NO4/c1-11-12(6-9-20-11)13(17)16-10-15(14(18)19)7-4-2-3-5-8-15/h11-12H,2-10H2,1H3,(H,16,17)(H,18,19). The third-order valence-electron chi connectivity index (χ3n) is 4.83. The molecule has 2 N–H and O–H groups in total. The molecule has 2 aliphatic rings. The van der Waals surface area contributed by atoms with Gasteiger partial charge in [-0.3, -0.25) is 9.59 Å². The van der Waals surface area contributed by atoms with Gasteiger partial charge in [-0.25, -0.2) is 0 Å². The molecule has 5 nitrogen and oxygen atoms in total. The van der Waals surface area contributed by atoms with Crippen LogP contribution >= 0.6 is 0 Å². The Morgan fingerprint density at radius 3 is 2.40 bits per heavy atom. The molecule has 0 aromatic heterocycles. The summed E-state index contributed by atoms with van der Waals surface area (Å²) in [4.78, 5) is 23.8. The van der Waals surface area contributed by atoms with Crippen LogP contribution in [0.3, 0.4) is 0 Å². The van der Waals surface area contributed by atoms with E-state index in [4.69, 9.17) is 4.74 Å². The fourth-order valence-electron chi connectivity index (χ4n) is 3.34. The van der Waals surface area contributed by atoms with E-state index in [0.717, 1.165) is 32.1 Å². The Morgan fingerprint density at radius 1 is 1.25 bits per heavy atom. The summed E-state index contributed by atoms with van der Waals surface area (Å²) >= 11 is 0. The smallest absolute Gasteiger partial charge is 0.311 e. The van der Waals surface area contributed by atoms with Crippen LogP contribution in [0.25, 0.3) is 0 Å². The molecule has 20 heavy (non-hydrogen) atoms. The topological polar surface area (TPSA) is 75.6 Å². The number of amides is 1. The third kappa shape index (κ3) is 3.32. The predicted octanol–water partition coefficient (Wildman–Crippen LogP) is 1.95. The van der Waals surface area contributed by atoms with Gasteiger partial charge in [0.25, 0.3) is 0 Å². The van der Waals surface area contributed by atoms with Gasteiger partial charge in [-0.05, 0) is 26.2 Å². The number of nitrogens with one attached hydrogen (secondary N) is 1. The number of rotatable bonds is 4. The van der Waals surface area contributed by atoms with Crippen molar-refractivity contribution in [2.24, 2.45) is 11.3 Å². The van der Waals surface area contributed by atoms with Crippen molar-refractivity contribution in [3.63, 3.8) is 0 Å². The molecule has 0 bridgehead atoms. The first-order valence-electron chi connectivity index (χ1n) is 7.68. The lowest BCUT2D eigenvalue weighted by Gasteiger charge is -2.29. The molecule has 114 valence electrons. The van der Waals surface area contributed by atoms with Crippen molar-refractivity contribution in [1.29, 1.82) is 0 Å². The number of aliphatic carboxylic acids is 1. The lowest BCUT2D eigenvalue weighted by atomic mass is 9.80. The zero-order valence-electron chi connectivity index (χ0n) is 12.2. The zero-order chi connectivity index (χ0) is 14.6. The highest BCUT2D eigenvalue weighted by molar-refractivity contribution is 5.81. The van der Waals surface area contributed by atoms with E-state index in [1.165, 1.54) is 0 Å². The van der Waals surface area contributed by atoms with E-state index in [2.05, 4.69) is 5.32 Å². The van der Waals surface area contributed by atoms with Crippen LogP contribution in [0, 0.1) is 11.3 Å². The fourth-order valence-corrected chi connectivity index (χ4v) is 3.34. The lowest BCUT2D eigenvalue weighted by molar-refractivity contribution is -0.150. The minimum Gasteiger partial charge on any atom is -0.481 e. The first kappa shape index (κ1) is 15.3. The van der Waals surface area contributed by atoms with Gasteiger partial charge in [-0.15, -0.1) is 0 Å². The lowest BCUT2D eigenvalue weighted by Crippen LogP contribution is -2.45. The highest BCUT2D eigenvalue weighted by Gasteiger charge is 2.40. The maximum absolute atomic E-state index is 12.2. The monoisotopic (exact) mass is 283 g/mol. The molecule has 0 aromatic rings. The van der Waals surface area contributed by atoms with Gasteiger partial charge >= 0.3 is 5.97 Å². The Morgan fingerprint density at radius 2 is 1.90 bits per heavy atom. The first-order valence-corrected chi connectivity index (χ1v) is 7.68. The fraction of sp³-hybridized carbons (Fsp3) is 0.867.